The molecule has 0 amide bonds. The molecule has 1 unspecified atom stereocenters. The standard InChI is InChI=1S/C15H30N2/c16-13-15(12-14-8-4-3-5-9-14)17-10-6-1-2-7-11-17/h14-15H,1-13,16H2. The highest BCUT2D eigenvalue weighted by Crippen LogP contribution is 2.29. The Hall–Kier alpha value is -0.0800. The van der Waals surface area contributed by atoms with Gasteiger partial charge in [0, 0.05) is 12.6 Å². The minimum atomic E-state index is 0.677. The second kappa shape index (κ2) is 7.38. The van der Waals surface area contributed by atoms with Gasteiger partial charge in [-0.3, -0.25) is 4.90 Å². The monoisotopic (exact) mass is 238 g/mol. The average Bonchev–Trinajstić information content (AvgIpc) is 2.66. The summed E-state index contributed by atoms with van der Waals surface area (Å²) in [6, 6.07) is 0.677. The average molecular weight is 238 g/mol. The van der Waals surface area contributed by atoms with Gasteiger partial charge in [-0.25, -0.2) is 0 Å². The van der Waals surface area contributed by atoms with Crippen LogP contribution in [0, 0.1) is 5.92 Å². The van der Waals surface area contributed by atoms with E-state index in [0.717, 1.165) is 12.5 Å². The number of hydrogen-bond donors (Lipinski definition) is 1. The summed E-state index contributed by atoms with van der Waals surface area (Å²) in [5.74, 6) is 0.973. The Labute approximate surface area is 107 Å². The van der Waals surface area contributed by atoms with Crippen molar-refractivity contribution in [3.8, 4) is 0 Å². The topological polar surface area (TPSA) is 29.3 Å². The van der Waals surface area contributed by atoms with Gasteiger partial charge in [-0.15, -0.1) is 0 Å². The lowest BCUT2D eigenvalue weighted by Gasteiger charge is -2.33. The summed E-state index contributed by atoms with van der Waals surface area (Å²) in [4.78, 5) is 2.70. The van der Waals surface area contributed by atoms with E-state index in [2.05, 4.69) is 4.90 Å². The summed E-state index contributed by atoms with van der Waals surface area (Å²) in [5, 5.41) is 0. The van der Waals surface area contributed by atoms with Gasteiger partial charge in [0.2, 0.25) is 0 Å². The third-order valence-electron chi connectivity index (χ3n) is 4.76. The molecule has 2 nitrogen and oxygen atoms in total. The third-order valence-corrected chi connectivity index (χ3v) is 4.76. The molecule has 2 aliphatic rings. The molecule has 0 aromatic rings. The van der Waals surface area contributed by atoms with Crippen molar-refractivity contribution >= 4 is 0 Å². The van der Waals surface area contributed by atoms with Crippen molar-refractivity contribution < 1.29 is 0 Å². The highest BCUT2D eigenvalue weighted by atomic mass is 15.2. The highest BCUT2D eigenvalue weighted by Gasteiger charge is 2.23. The molecule has 1 aliphatic heterocycles. The van der Waals surface area contributed by atoms with E-state index in [1.165, 1.54) is 77.3 Å². The second-order valence-corrected chi connectivity index (χ2v) is 6.08. The quantitative estimate of drug-likeness (QED) is 0.815. The van der Waals surface area contributed by atoms with Gasteiger partial charge < -0.3 is 5.73 Å². The molecule has 0 radical (unpaired) electrons. The maximum absolute atomic E-state index is 6.03. The van der Waals surface area contributed by atoms with E-state index in [-0.39, 0.29) is 0 Å². The summed E-state index contributed by atoms with van der Waals surface area (Å²) in [7, 11) is 0. The van der Waals surface area contributed by atoms with Crippen LogP contribution in [0.2, 0.25) is 0 Å². The first kappa shape index (κ1) is 13.4. The molecule has 1 saturated heterocycles. The molecule has 2 heteroatoms. The number of likely N-dealkylation sites (tertiary alicyclic amines) is 1. The van der Waals surface area contributed by atoms with E-state index in [4.69, 9.17) is 5.73 Å². The van der Waals surface area contributed by atoms with E-state index >= 15 is 0 Å². The summed E-state index contributed by atoms with van der Waals surface area (Å²) in [6.07, 6.45) is 14.3. The van der Waals surface area contributed by atoms with Gasteiger partial charge in [-0.05, 0) is 38.3 Å². The van der Waals surface area contributed by atoms with Crippen molar-refractivity contribution in [1.29, 1.82) is 0 Å². The Morgan fingerprint density at radius 2 is 1.47 bits per heavy atom. The van der Waals surface area contributed by atoms with Crippen LogP contribution >= 0.6 is 0 Å². The smallest absolute Gasteiger partial charge is 0.0221 e. The number of nitrogens with two attached hydrogens (primary N) is 1. The Kier molecular flexibility index (Phi) is 5.79. The first-order valence-electron chi connectivity index (χ1n) is 7.84. The lowest BCUT2D eigenvalue weighted by atomic mass is 9.84. The Bertz CT molecular complexity index is 191. The zero-order chi connectivity index (χ0) is 11.9. The molecule has 1 atom stereocenters. The number of nitrogens with zero attached hydrogens (tertiary/aromatic N) is 1. The molecule has 100 valence electrons. The second-order valence-electron chi connectivity index (χ2n) is 6.08. The summed E-state index contributed by atoms with van der Waals surface area (Å²) in [5.41, 5.74) is 6.03. The normalized spacial score (nSPS) is 26.6. The van der Waals surface area contributed by atoms with Crippen LogP contribution in [0.1, 0.15) is 64.2 Å². The first-order valence-corrected chi connectivity index (χ1v) is 7.84. The molecular weight excluding hydrogens is 208 g/mol. The fourth-order valence-electron chi connectivity index (χ4n) is 3.66. The van der Waals surface area contributed by atoms with Crippen molar-refractivity contribution in [3.05, 3.63) is 0 Å². The van der Waals surface area contributed by atoms with Gasteiger partial charge in [-0.2, -0.15) is 0 Å². The predicted molar refractivity (Wildman–Crippen MR) is 74.1 cm³/mol. The van der Waals surface area contributed by atoms with Crippen LogP contribution in [0.15, 0.2) is 0 Å². The van der Waals surface area contributed by atoms with Crippen molar-refractivity contribution in [1.82, 2.24) is 4.90 Å². The molecule has 1 aliphatic carbocycles. The van der Waals surface area contributed by atoms with E-state index in [1.807, 2.05) is 0 Å². The molecule has 0 aromatic heterocycles. The molecule has 2 fully saturated rings. The molecule has 0 aromatic carbocycles. The van der Waals surface area contributed by atoms with Crippen molar-refractivity contribution in [2.75, 3.05) is 19.6 Å². The lowest BCUT2D eigenvalue weighted by molar-refractivity contribution is 0.164. The fraction of sp³-hybridized carbons (Fsp3) is 1.00. The maximum Gasteiger partial charge on any atom is 0.0221 e. The number of rotatable bonds is 4. The van der Waals surface area contributed by atoms with Crippen LogP contribution in [0.25, 0.3) is 0 Å². The van der Waals surface area contributed by atoms with Gasteiger partial charge in [0.05, 0.1) is 0 Å². The molecule has 0 bridgehead atoms. The van der Waals surface area contributed by atoms with Crippen molar-refractivity contribution in [3.63, 3.8) is 0 Å². The number of hydrogen-bond acceptors (Lipinski definition) is 2. The van der Waals surface area contributed by atoms with Gasteiger partial charge in [-0.1, -0.05) is 44.9 Å². The van der Waals surface area contributed by atoms with Gasteiger partial charge in [0.25, 0.3) is 0 Å². The summed E-state index contributed by atoms with van der Waals surface area (Å²) >= 11 is 0. The first-order chi connectivity index (χ1) is 8.40. The molecule has 17 heavy (non-hydrogen) atoms. The van der Waals surface area contributed by atoms with Gasteiger partial charge in [0.1, 0.15) is 0 Å². The Balaban J connectivity index is 1.81. The Morgan fingerprint density at radius 3 is 2.06 bits per heavy atom. The largest absolute Gasteiger partial charge is 0.329 e. The van der Waals surface area contributed by atoms with E-state index in [9.17, 15) is 0 Å². The Morgan fingerprint density at radius 1 is 0.882 bits per heavy atom. The van der Waals surface area contributed by atoms with Gasteiger partial charge in [0.15, 0.2) is 0 Å². The van der Waals surface area contributed by atoms with Gasteiger partial charge >= 0.3 is 0 Å². The van der Waals surface area contributed by atoms with E-state index in [0.29, 0.717) is 6.04 Å². The van der Waals surface area contributed by atoms with Crippen LogP contribution < -0.4 is 5.73 Å². The lowest BCUT2D eigenvalue weighted by Crippen LogP contribution is -2.42. The highest BCUT2D eigenvalue weighted by molar-refractivity contribution is 4.79. The maximum atomic E-state index is 6.03. The molecule has 2 N–H and O–H groups in total. The third kappa shape index (κ3) is 4.26. The van der Waals surface area contributed by atoms with E-state index in [1.54, 1.807) is 0 Å². The van der Waals surface area contributed by atoms with Crippen LogP contribution in [0.5, 0.6) is 0 Å². The van der Waals surface area contributed by atoms with Crippen LogP contribution in [0.3, 0.4) is 0 Å². The zero-order valence-corrected chi connectivity index (χ0v) is 11.4. The minimum absolute atomic E-state index is 0.677. The van der Waals surface area contributed by atoms with Crippen molar-refractivity contribution in [2.24, 2.45) is 11.7 Å². The molecular formula is C15H30N2. The van der Waals surface area contributed by atoms with Crippen molar-refractivity contribution in [2.45, 2.75) is 70.3 Å². The molecule has 0 spiro atoms. The minimum Gasteiger partial charge on any atom is -0.329 e. The molecule has 2 rings (SSSR count). The molecule has 1 saturated carbocycles. The van der Waals surface area contributed by atoms with Crippen LogP contribution in [-0.2, 0) is 0 Å². The van der Waals surface area contributed by atoms with E-state index < -0.39 is 0 Å². The fourth-order valence-corrected chi connectivity index (χ4v) is 3.66. The predicted octanol–water partition coefficient (Wildman–Crippen LogP) is 3.16. The molecule has 1 heterocycles. The van der Waals surface area contributed by atoms with Crippen LogP contribution in [0.4, 0.5) is 0 Å². The SMILES string of the molecule is NCC(CC1CCCCC1)N1CCCCCC1. The summed E-state index contributed by atoms with van der Waals surface area (Å²) < 4.78 is 0. The zero-order valence-electron chi connectivity index (χ0n) is 11.4. The summed E-state index contributed by atoms with van der Waals surface area (Å²) in [6.45, 7) is 3.47. The van der Waals surface area contributed by atoms with Crippen LogP contribution in [-0.4, -0.2) is 30.6 Å².